The number of nitrogens with one attached hydrogen (secondary N) is 1. The highest BCUT2D eigenvalue weighted by atomic mass is 16.6. The summed E-state index contributed by atoms with van der Waals surface area (Å²) in [4.78, 5) is 30.6. The van der Waals surface area contributed by atoms with Crippen molar-refractivity contribution in [2.75, 3.05) is 33.5 Å². The summed E-state index contributed by atoms with van der Waals surface area (Å²) in [5.74, 6) is 7.90. The first-order valence-electron chi connectivity index (χ1n) is 19.3. The third-order valence-electron chi connectivity index (χ3n) is 8.86. The molecule has 3 aromatic rings. The van der Waals surface area contributed by atoms with E-state index in [9.17, 15) is 9.59 Å². The second-order valence-corrected chi connectivity index (χ2v) is 13.5. The van der Waals surface area contributed by atoms with Crippen molar-refractivity contribution in [2.45, 2.75) is 83.1 Å². The van der Waals surface area contributed by atoms with E-state index in [-0.39, 0.29) is 32.3 Å². The summed E-state index contributed by atoms with van der Waals surface area (Å²) in [5.41, 5.74) is 2.64. The van der Waals surface area contributed by atoms with Gasteiger partial charge in [0.05, 0.1) is 25.3 Å². The first kappa shape index (κ1) is 42.4. The van der Waals surface area contributed by atoms with Gasteiger partial charge in [-0.1, -0.05) is 65.9 Å². The van der Waals surface area contributed by atoms with E-state index in [0.29, 0.717) is 42.3 Å². The summed E-state index contributed by atoms with van der Waals surface area (Å²) >= 11 is 0. The van der Waals surface area contributed by atoms with Gasteiger partial charge in [-0.05, 0) is 93.4 Å². The van der Waals surface area contributed by atoms with Gasteiger partial charge in [0.25, 0.3) is 0 Å². The quantitative estimate of drug-likeness (QED) is 0.0355. The Labute approximate surface area is 335 Å². The van der Waals surface area contributed by atoms with Crippen LogP contribution in [0, 0.1) is 18.8 Å². The number of carbonyl (C=O) groups is 2. The van der Waals surface area contributed by atoms with Crippen LogP contribution in [0.4, 0.5) is 4.79 Å². The van der Waals surface area contributed by atoms with Crippen molar-refractivity contribution in [1.29, 1.82) is 0 Å². The summed E-state index contributed by atoms with van der Waals surface area (Å²) in [6.07, 6.45) is 5.90. The minimum absolute atomic E-state index is 0.00162. The van der Waals surface area contributed by atoms with E-state index in [4.69, 9.17) is 38.0 Å². The number of oxime groups is 1. The van der Waals surface area contributed by atoms with Crippen molar-refractivity contribution in [3.63, 3.8) is 0 Å². The van der Waals surface area contributed by atoms with Gasteiger partial charge in [0.2, 0.25) is 0 Å². The van der Waals surface area contributed by atoms with Crippen molar-refractivity contribution in [3.05, 3.63) is 114 Å². The molecule has 0 spiro atoms. The monoisotopic (exact) mass is 780 g/mol. The summed E-state index contributed by atoms with van der Waals surface area (Å²) in [5, 5.41) is 6.89. The van der Waals surface area contributed by atoms with Crippen LogP contribution >= 0.6 is 0 Å². The Bertz CT molecular complexity index is 1850. The molecule has 0 fully saturated rings. The van der Waals surface area contributed by atoms with E-state index in [1.807, 2.05) is 92.7 Å². The summed E-state index contributed by atoms with van der Waals surface area (Å²) in [6.45, 7) is 6.53. The molecule has 6 atom stereocenters. The number of rotatable bonds is 18. The normalized spacial score (nSPS) is 21.4. The average Bonchev–Trinajstić information content (AvgIpc) is 3.24. The number of amides is 1. The number of benzene rings is 3. The Morgan fingerprint density at radius 1 is 0.789 bits per heavy atom. The minimum atomic E-state index is -0.571. The van der Waals surface area contributed by atoms with Crippen LogP contribution in [-0.2, 0) is 28.6 Å². The van der Waals surface area contributed by atoms with Gasteiger partial charge in [0.1, 0.15) is 67.6 Å². The van der Waals surface area contributed by atoms with Gasteiger partial charge in [-0.2, -0.15) is 0 Å². The molecule has 5 rings (SSSR count). The number of alkyl carbamates (subject to hydrolysis) is 1. The van der Waals surface area contributed by atoms with E-state index in [1.165, 1.54) is 0 Å². The predicted octanol–water partition coefficient (Wildman–Crippen LogP) is 7.14. The molecule has 0 bridgehead atoms. The van der Waals surface area contributed by atoms with Crippen molar-refractivity contribution in [3.8, 4) is 29.1 Å². The zero-order chi connectivity index (χ0) is 40.2. The molecular weight excluding hydrogens is 728 g/mol. The molecule has 2 aliphatic rings. The number of hydrogen-bond acceptors (Lipinski definition) is 11. The number of hydrogen-bond donors (Lipinski definition) is 1. The smallest absolute Gasteiger partial charge is 0.407 e. The zero-order valence-corrected chi connectivity index (χ0v) is 33.0. The fraction of sp³-hybridized carbons (Fsp3) is 0.400. The first-order valence-corrected chi connectivity index (χ1v) is 19.3. The van der Waals surface area contributed by atoms with Crippen molar-refractivity contribution in [1.82, 2.24) is 5.32 Å². The molecule has 57 heavy (non-hydrogen) atoms. The molecular formula is C45H52N2O10. The predicted molar refractivity (Wildman–Crippen MR) is 215 cm³/mol. The molecule has 0 aliphatic carbocycles. The van der Waals surface area contributed by atoms with Gasteiger partial charge >= 0.3 is 12.1 Å². The Morgan fingerprint density at radius 3 is 2.14 bits per heavy atom. The molecule has 0 saturated carbocycles. The summed E-state index contributed by atoms with van der Waals surface area (Å²) in [6, 6.07) is 24.6. The molecule has 0 saturated heterocycles. The van der Waals surface area contributed by atoms with Crippen LogP contribution in [0.25, 0.3) is 0 Å². The van der Waals surface area contributed by atoms with Crippen molar-refractivity contribution < 1.29 is 47.6 Å². The second kappa shape index (κ2) is 22.7. The highest BCUT2D eigenvalue weighted by molar-refractivity contribution is 5.85. The van der Waals surface area contributed by atoms with E-state index in [2.05, 4.69) is 22.3 Å². The standard InChI is InChI=1S/C45H52N2O10/c1-5-28-46-45(49)52-31-43-41(55-38-20-18-35(50-4)19-21-38)25-23-39(57-43)27-29-53-47-33(3)13-26-44(48)51-30-42-40(54-36-15-11-32(2)12-16-36)24-22-37(56-42)17-14-34-9-7-6-8-10-34/h6-12,15-16,18-25,37,39-43H,5,13,26-31H2,1-4H3,(H,46,49)/b47-33+/t37-,39+,40+,41+,42-,43-/m1/s1. The first-order chi connectivity index (χ1) is 27.8. The maximum Gasteiger partial charge on any atom is 0.407 e. The summed E-state index contributed by atoms with van der Waals surface area (Å²) in [7, 11) is 1.60. The highest BCUT2D eigenvalue weighted by Gasteiger charge is 2.31. The molecule has 2 heterocycles. The van der Waals surface area contributed by atoms with Gasteiger partial charge in [0, 0.05) is 18.5 Å². The molecule has 2 aliphatic heterocycles. The van der Waals surface area contributed by atoms with Crippen LogP contribution in [0.1, 0.15) is 50.7 Å². The lowest BCUT2D eigenvalue weighted by atomic mass is 10.1. The van der Waals surface area contributed by atoms with E-state index >= 15 is 0 Å². The van der Waals surface area contributed by atoms with Gasteiger partial charge in [-0.3, -0.25) is 4.79 Å². The second-order valence-electron chi connectivity index (χ2n) is 13.5. The number of carbonyl (C=O) groups excluding carboxylic acids is 2. The van der Waals surface area contributed by atoms with Crippen LogP contribution in [0.15, 0.2) is 108 Å². The van der Waals surface area contributed by atoms with E-state index in [1.54, 1.807) is 38.3 Å². The molecule has 0 unspecified atom stereocenters. The van der Waals surface area contributed by atoms with Crippen LogP contribution in [-0.4, -0.2) is 87.9 Å². The molecule has 0 aromatic heterocycles. The number of esters is 1. The van der Waals surface area contributed by atoms with Crippen molar-refractivity contribution >= 4 is 17.8 Å². The lowest BCUT2D eigenvalue weighted by molar-refractivity contribution is -0.151. The Hall–Kier alpha value is -5.77. The average molecular weight is 781 g/mol. The maximum absolute atomic E-state index is 12.8. The maximum atomic E-state index is 12.8. The lowest BCUT2D eigenvalue weighted by Crippen LogP contribution is -2.43. The topological polar surface area (TPSA) is 132 Å². The Kier molecular flexibility index (Phi) is 16.9. The summed E-state index contributed by atoms with van der Waals surface area (Å²) < 4.78 is 41.2. The molecule has 1 N–H and O–H groups in total. The van der Waals surface area contributed by atoms with E-state index in [0.717, 1.165) is 17.5 Å². The fourth-order valence-corrected chi connectivity index (χ4v) is 5.69. The van der Waals surface area contributed by atoms with Gasteiger partial charge in [0.15, 0.2) is 0 Å². The largest absolute Gasteiger partial charge is 0.497 e. The number of aryl methyl sites for hydroxylation is 1. The lowest BCUT2D eigenvalue weighted by Gasteiger charge is -2.32. The highest BCUT2D eigenvalue weighted by Crippen LogP contribution is 2.25. The van der Waals surface area contributed by atoms with Crippen LogP contribution in [0.3, 0.4) is 0 Å². The van der Waals surface area contributed by atoms with Crippen LogP contribution in [0.2, 0.25) is 0 Å². The molecule has 0 radical (unpaired) electrons. The molecule has 12 nitrogen and oxygen atoms in total. The van der Waals surface area contributed by atoms with Gasteiger partial charge in [-0.15, -0.1) is 0 Å². The van der Waals surface area contributed by atoms with Crippen LogP contribution < -0.4 is 19.5 Å². The van der Waals surface area contributed by atoms with Crippen LogP contribution in [0.5, 0.6) is 17.2 Å². The SMILES string of the molecule is CCCNC(=O)OC[C@H]1O[C@H](CCO/N=C(\C)CCC(=O)OC[C@H]2O[C@H](C#Cc3ccccc3)C=C[C@@H]2Oc2ccc(C)cc2)C=C[C@@H]1Oc1ccc(OC)cc1. The molecule has 3 aromatic carbocycles. The molecule has 12 heteroatoms. The fourth-order valence-electron chi connectivity index (χ4n) is 5.69. The molecule has 1 amide bonds. The van der Waals surface area contributed by atoms with Gasteiger partial charge < -0.3 is 43.3 Å². The number of ether oxygens (including phenoxy) is 7. The number of methoxy groups -OCH3 is 1. The molecule has 302 valence electrons. The number of nitrogens with zero attached hydrogens (tertiary/aromatic N) is 1. The zero-order valence-electron chi connectivity index (χ0n) is 33.0. The Balaban J connectivity index is 1.07. The van der Waals surface area contributed by atoms with Crippen molar-refractivity contribution in [2.24, 2.45) is 5.16 Å². The third kappa shape index (κ3) is 14.7. The third-order valence-corrected chi connectivity index (χ3v) is 8.86. The van der Waals surface area contributed by atoms with E-state index < -0.39 is 42.6 Å². The Morgan fingerprint density at radius 2 is 1.44 bits per heavy atom. The van der Waals surface area contributed by atoms with Gasteiger partial charge in [-0.25, -0.2) is 4.79 Å². The minimum Gasteiger partial charge on any atom is -0.497 e.